The molecule has 3 aromatic rings. The van der Waals surface area contributed by atoms with Gasteiger partial charge in [0.25, 0.3) is 11.6 Å². The molecule has 0 bridgehead atoms. The maximum absolute atomic E-state index is 12.5. The van der Waals surface area contributed by atoms with Crippen molar-refractivity contribution in [1.82, 2.24) is 15.2 Å². The first-order chi connectivity index (χ1) is 16.0. The quantitative estimate of drug-likeness (QED) is 0.395. The van der Waals surface area contributed by atoms with Crippen LogP contribution in [0.3, 0.4) is 0 Å². The van der Waals surface area contributed by atoms with Gasteiger partial charge in [-0.15, -0.1) is 0 Å². The molecule has 0 aliphatic carbocycles. The summed E-state index contributed by atoms with van der Waals surface area (Å²) in [6.07, 6.45) is 0. The number of fused-ring (bicyclic) bond motifs is 1. The Balaban J connectivity index is 1.26. The van der Waals surface area contributed by atoms with Crippen molar-refractivity contribution in [1.29, 1.82) is 0 Å². The number of piperazine rings is 1. The van der Waals surface area contributed by atoms with E-state index in [0.717, 1.165) is 48.1 Å². The molecule has 174 valence electrons. The molecule has 1 aromatic heterocycles. The number of methoxy groups -OCH3 is 2. The zero-order chi connectivity index (χ0) is 23.4. The van der Waals surface area contributed by atoms with Crippen LogP contribution in [0.5, 0.6) is 11.5 Å². The maximum Gasteiger partial charge on any atom is 0.270 e. The highest BCUT2D eigenvalue weighted by Crippen LogP contribution is 2.32. The number of hydrogen-bond donors (Lipinski definition) is 1. The van der Waals surface area contributed by atoms with Gasteiger partial charge in [0.15, 0.2) is 16.6 Å². The summed E-state index contributed by atoms with van der Waals surface area (Å²) in [5, 5.41) is 14.8. The molecule has 0 radical (unpaired) electrons. The third kappa shape index (κ3) is 5.15. The summed E-state index contributed by atoms with van der Waals surface area (Å²) in [4.78, 5) is 32.2. The summed E-state index contributed by atoms with van der Waals surface area (Å²) >= 11 is 1.48. The van der Waals surface area contributed by atoms with Crippen molar-refractivity contribution in [2.24, 2.45) is 0 Å². The van der Waals surface area contributed by atoms with Crippen LogP contribution in [0.2, 0.25) is 0 Å². The van der Waals surface area contributed by atoms with Crippen LogP contribution in [-0.4, -0.2) is 74.2 Å². The normalized spacial score (nSPS) is 14.3. The molecular weight excluding hydrogens is 446 g/mol. The molecule has 1 aliphatic heterocycles. The fraction of sp³-hybridized carbons (Fsp3) is 0.364. The number of ether oxygens (including phenoxy) is 2. The van der Waals surface area contributed by atoms with Gasteiger partial charge in [-0.05, 0) is 24.3 Å². The first-order valence-corrected chi connectivity index (χ1v) is 11.3. The van der Waals surface area contributed by atoms with Gasteiger partial charge in [-0.25, -0.2) is 4.98 Å². The molecule has 33 heavy (non-hydrogen) atoms. The van der Waals surface area contributed by atoms with Crippen LogP contribution in [-0.2, 0) is 0 Å². The van der Waals surface area contributed by atoms with E-state index in [1.165, 1.54) is 24.5 Å². The predicted octanol–water partition coefficient (Wildman–Crippen LogP) is 2.77. The first kappa shape index (κ1) is 22.7. The topological polar surface area (TPSA) is 110 Å². The molecule has 0 spiro atoms. The number of amides is 1. The molecule has 4 rings (SSSR count). The lowest BCUT2D eigenvalue weighted by Crippen LogP contribution is -2.48. The SMILES string of the molecule is COc1ccc(C(=O)NCCN2CCN(c3nc4ccc([N+](=O)[O-])cc4s3)CC2)cc1OC. The van der Waals surface area contributed by atoms with E-state index in [-0.39, 0.29) is 16.5 Å². The second-order valence-corrected chi connectivity index (χ2v) is 8.57. The Morgan fingerprint density at radius 3 is 2.58 bits per heavy atom. The van der Waals surface area contributed by atoms with E-state index in [4.69, 9.17) is 9.47 Å². The summed E-state index contributed by atoms with van der Waals surface area (Å²) in [6.45, 7) is 4.61. The van der Waals surface area contributed by atoms with Crippen molar-refractivity contribution in [2.45, 2.75) is 0 Å². The van der Waals surface area contributed by atoms with E-state index in [1.807, 2.05) is 0 Å². The van der Waals surface area contributed by atoms with Crippen molar-refractivity contribution < 1.29 is 19.2 Å². The number of nitrogens with zero attached hydrogens (tertiary/aromatic N) is 4. The Labute approximate surface area is 194 Å². The number of carbonyl (C=O) groups is 1. The standard InChI is InChI=1S/C22H25N5O5S/c1-31-18-6-3-15(13-19(18)32-2)21(28)23-7-8-25-9-11-26(12-10-25)22-24-17-5-4-16(27(29)30)14-20(17)33-22/h3-6,13-14H,7-12H2,1-2H3,(H,23,28). The molecule has 10 nitrogen and oxygen atoms in total. The Hall–Kier alpha value is -3.44. The molecule has 11 heteroatoms. The molecular formula is C22H25N5O5S. The highest BCUT2D eigenvalue weighted by molar-refractivity contribution is 7.22. The van der Waals surface area contributed by atoms with E-state index >= 15 is 0 Å². The predicted molar refractivity (Wildman–Crippen MR) is 127 cm³/mol. The van der Waals surface area contributed by atoms with Gasteiger partial charge < -0.3 is 19.7 Å². The van der Waals surface area contributed by atoms with Crippen LogP contribution in [0, 0.1) is 10.1 Å². The second-order valence-electron chi connectivity index (χ2n) is 7.56. The minimum absolute atomic E-state index is 0.0812. The van der Waals surface area contributed by atoms with E-state index in [1.54, 1.807) is 37.4 Å². The average molecular weight is 472 g/mol. The fourth-order valence-corrected chi connectivity index (χ4v) is 4.77. The molecule has 1 N–H and O–H groups in total. The largest absolute Gasteiger partial charge is 0.493 e. The summed E-state index contributed by atoms with van der Waals surface area (Å²) in [5.41, 5.74) is 1.38. The van der Waals surface area contributed by atoms with Crippen molar-refractivity contribution in [3.8, 4) is 11.5 Å². The third-order valence-electron chi connectivity index (χ3n) is 5.57. The first-order valence-electron chi connectivity index (χ1n) is 10.5. The van der Waals surface area contributed by atoms with Gasteiger partial charge in [-0.1, -0.05) is 11.3 Å². The average Bonchev–Trinajstić information content (AvgIpc) is 3.27. The van der Waals surface area contributed by atoms with Gasteiger partial charge in [0.05, 0.1) is 29.4 Å². The number of hydrogen-bond acceptors (Lipinski definition) is 9. The molecule has 2 aromatic carbocycles. The van der Waals surface area contributed by atoms with Crippen LogP contribution in [0.15, 0.2) is 36.4 Å². The molecule has 2 heterocycles. The Morgan fingerprint density at radius 2 is 1.88 bits per heavy atom. The number of nitro benzene ring substituents is 1. The monoisotopic (exact) mass is 471 g/mol. The lowest BCUT2D eigenvalue weighted by atomic mass is 10.2. The third-order valence-corrected chi connectivity index (χ3v) is 6.65. The summed E-state index contributed by atoms with van der Waals surface area (Å²) < 4.78 is 11.3. The van der Waals surface area contributed by atoms with Crippen molar-refractivity contribution in [3.05, 3.63) is 52.1 Å². The number of aromatic nitrogens is 1. The molecule has 1 fully saturated rings. The molecule has 0 atom stereocenters. The number of thiazole rings is 1. The van der Waals surface area contributed by atoms with Crippen LogP contribution < -0.4 is 19.7 Å². The number of anilines is 1. The Morgan fingerprint density at radius 1 is 1.12 bits per heavy atom. The summed E-state index contributed by atoms with van der Waals surface area (Å²) in [7, 11) is 3.09. The van der Waals surface area contributed by atoms with Gasteiger partial charge in [0.2, 0.25) is 0 Å². The molecule has 0 unspecified atom stereocenters. The van der Waals surface area contributed by atoms with Gasteiger partial charge in [-0.2, -0.15) is 0 Å². The van der Waals surface area contributed by atoms with Crippen LogP contribution in [0.1, 0.15) is 10.4 Å². The van der Waals surface area contributed by atoms with E-state index in [0.29, 0.717) is 23.6 Å². The number of nitro groups is 1. The van der Waals surface area contributed by atoms with Crippen molar-refractivity contribution in [3.63, 3.8) is 0 Å². The zero-order valence-corrected chi connectivity index (χ0v) is 19.3. The lowest BCUT2D eigenvalue weighted by molar-refractivity contribution is -0.384. The number of rotatable bonds is 8. The van der Waals surface area contributed by atoms with Gasteiger partial charge in [0, 0.05) is 57.0 Å². The Kier molecular flexibility index (Phi) is 6.90. The zero-order valence-electron chi connectivity index (χ0n) is 18.4. The number of carbonyl (C=O) groups excluding carboxylic acids is 1. The molecule has 0 saturated carbocycles. The highest BCUT2D eigenvalue weighted by Gasteiger charge is 2.21. The molecule has 1 saturated heterocycles. The smallest absolute Gasteiger partial charge is 0.270 e. The van der Waals surface area contributed by atoms with Crippen LogP contribution in [0.4, 0.5) is 10.8 Å². The minimum atomic E-state index is -0.387. The number of benzene rings is 2. The molecule has 1 amide bonds. The lowest BCUT2D eigenvalue weighted by Gasteiger charge is -2.34. The van der Waals surface area contributed by atoms with Gasteiger partial charge in [0.1, 0.15) is 0 Å². The number of non-ortho nitro benzene ring substituents is 1. The molecule has 1 aliphatic rings. The summed E-state index contributed by atoms with van der Waals surface area (Å²) in [5.74, 6) is 0.946. The maximum atomic E-state index is 12.5. The highest BCUT2D eigenvalue weighted by atomic mass is 32.1. The minimum Gasteiger partial charge on any atom is -0.493 e. The number of nitrogens with one attached hydrogen (secondary N) is 1. The summed E-state index contributed by atoms with van der Waals surface area (Å²) in [6, 6.07) is 9.85. The van der Waals surface area contributed by atoms with E-state index in [2.05, 4.69) is 20.1 Å². The Bertz CT molecular complexity index is 1160. The fourth-order valence-electron chi connectivity index (χ4n) is 3.72. The van der Waals surface area contributed by atoms with E-state index < -0.39 is 0 Å². The van der Waals surface area contributed by atoms with Gasteiger partial charge >= 0.3 is 0 Å². The van der Waals surface area contributed by atoms with Crippen LogP contribution in [0.25, 0.3) is 10.2 Å². The second kappa shape index (κ2) is 10.0. The van der Waals surface area contributed by atoms with Gasteiger partial charge in [-0.3, -0.25) is 19.8 Å². The van der Waals surface area contributed by atoms with E-state index in [9.17, 15) is 14.9 Å². The van der Waals surface area contributed by atoms with Crippen molar-refractivity contribution >= 4 is 38.3 Å². The van der Waals surface area contributed by atoms with Crippen LogP contribution >= 0.6 is 11.3 Å². The van der Waals surface area contributed by atoms with Crippen molar-refractivity contribution in [2.75, 3.05) is 58.4 Å².